The van der Waals surface area contributed by atoms with E-state index in [-0.39, 0.29) is 12.1 Å². The minimum atomic E-state index is 0.200. The van der Waals surface area contributed by atoms with Crippen LogP contribution in [0.15, 0.2) is 54.9 Å². The average molecular weight is 332 g/mol. The monoisotopic (exact) mass is 332 g/mol. The van der Waals surface area contributed by atoms with Gasteiger partial charge in [-0.05, 0) is 36.0 Å². The van der Waals surface area contributed by atoms with Crippen molar-refractivity contribution in [1.29, 1.82) is 0 Å². The predicted molar refractivity (Wildman–Crippen MR) is 101 cm³/mol. The molecule has 0 radical (unpaired) electrons. The second-order valence-electron chi connectivity index (χ2n) is 7.21. The van der Waals surface area contributed by atoms with Gasteiger partial charge >= 0.3 is 0 Å². The van der Waals surface area contributed by atoms with E-state index in [2.05, 4.69) is 84.7 Å². The highest BCUT2D eigenvalue weighted by atomic mass is 15.4. The summed E-state index contributed by atoms with van der Waals surface area (Å²) in [5, 5.41) is 7.99. The largest absolute Gasteiger partial charge is 0.348 e. The number of hydrogen-bond acceptors (Lipinski definition) is 3. The summed E-state index contributed by atoms with van der Waals surface area (Å²) in [5.74, 6) is 1.39. The first-order valence-electron chi connectivity index (χ1n) is 8.94. The zero-order valence-electron chi connectivity index (χ0n) is 15.0. The molecule has 4 rings (SSSR count). The first kappa shape index (κ1) is 15.9. The van der Waals surface area contributed by atoms with Crippen molar-refractivity contribution < 1.29 is 0 Å². The van der Waals surface area contributed by atoms with Gasteiger partial charge in [0.2, 0.25) is 5.95 Å². The summed E-state index contributed by atoms with van der Waals surface area (Å²) in [6.45, 7) is 6.57. The molecule has 2 aromatic carbocycles. The fraction of sp³-hybridized carbons (Fsp3) is 0.333. The maximum Gasteiger partial charge on any atom is 0.222 e. The maximum absolute atomic E-state index is 4.46. The number of benzene rings is 2. The van der Waals surface area contributed by atoms with E-state index in [0.29, 0.717) is 5.92 Å². The summed E-state index contributed by atoms with van der Waals surface area (Å²) >= 11 is 0. The molecule has 4 heteroatoms. The van der Waals surface area contributed by atoms with Crippen molar-refractivity contribution in [2.45, 2.75) is 45.2 Å². The third kappa shape index (κ3) is 3.04. The van der Waals surface area contributed by atoms with Crippen molar-refractivity contribution in [1.82, 2.24) is 14.8 Å². The van der Waals surface area contributed by atoms with E-state index in [4.69, 9.17) is 0 Å². The van der Waals surface area contributed by atoms with Gasteiger partial charge in [-0.15, -0.1) is 0 Å². The van der Waals surface area contributed by atoms with Crippen molar-refractivity contribution in [3.8, 4) is 0 Å². The molecule has 0 aliphatic carbocycles. The lowest BCUT2D eigenvalue weighted by Gasteiger charge is -2.32. The molecule has 0 bridgehead atoms. The van der Waals surface area contributed by atoms with Crippen LogP contribution in [-0.4, -0.2) is 14.8 Å². The Kier molecular flexibility index (Phi) is 4.04. The van der Waals surface area contributed by atoms with Crippen molar-refractivity contribution in [3.63, 3.8) is 0 Å². The van der Waals surface area contributed by atoms with E-state index in [9.17, 15) is 0 Å². The highest BCUT2D eigenvalue weighted by Gasteiger charge is 2.29. The first-order valence-corrected chi connectivity index (χ1v) is 8.94. The van der Waals surface area contributed by atoms with Gasteiger partial charge in [-0.2, -0.15) is 10.1 Å². The van der Waals surface area contributed by atoms with Crippen LogP contribution < -0.4 is 5.32 Å². The van der Waals surface area contributed by atoms with Crippen LogP contribution in [0, 0.1) is 6.92 Å². The maximum atomic E-state index is 4.46. The minimum Gasteiger partial charge on any atom is -0.348 e. The summed E-state index contributed by atoms with van der Waals surface area (Å²) < 4.78 is 2.01. The Balaban J connectivity index is 1.68. The minimum absolute atomic E-state index is 0.200. The Hall–Kier alpha value is -2.62. The van der Waals surface area contributed by atoms with Crippen LogP contribution in [-0.2, 0) is 0 Å². The SMILES string of the molecule is Cc1ccc([C@@H]2C[C@H](c3ccc(C(C)C)cc3)n3ncnc3N2)cc1. The van der Waals surface area contributed by atoms with Gasteiger partial charge < -0.3 is 5.32 Å². The molecule has 0 unspecified atom stereocenters. The molecule has 1 N–H and O–H groups in total. The summed E-state index contributed by atoms with van der Waals surface area (Å²) in [6.07, 6.45) is 2.59. The zero-order chi connectivity index (χ0) is 17.4. The topological polar surface area (TPSA) is 42.7 Å². The first-order chi connectivity index (χ1) is 12.1. The second kappa shape index (κ2) is 6.36. The van der Waals surface area contributed by atoms with Gasteiger partial charge in [0.25, 0.3) is 0 Å². The molecular weight excluding hydrogens is 308 g/mol. The van der Waals surface area contributed by atoms with Crippen LogP contribution in [0.3, 0.4) is 0 Å². The summed E-state index contributed by atoms with van der Waals surface area (Å²) in [4.78, 5) is 4.41. The standard InChI is InChI=1S/C21H24N4/c1-14(2)16-8-10-18(11-9-16)20-12-19(17-6-4-15(3)5-7-17)24-21-22-13-23-25(20)21/h4-11,13-14,19-20H,12H2,1-3H3,(H,22,23,24)/t19-,20+/m0/s1. The molecule has 1 aliphatic rings. The lowest BCUT2D eigenvalue weighted by atomic mass is 9.91. The normalized spacial score (nSPS) is 19.5. The number of aromatic nitrogens is 3. The van der Waals surface area contributed by atoms with Gasteiger partial charge in [0.05, 0.1) is 12.1 Å². The van der Waals surface area contributed by atoms with E-state index >= 15 is 0 Å². The fourth-order valence-electron chi connectivity index (χ4n) is 3.52. The Morgan fingerprint density at radius 2 is 1.68 bits per heavy atom. The number of fused-ring (bicyclic) bond motifs is 1. The highest BCUT2D eigenvalue weighted by molar-refractivity contribution is 5.39. The molecule has 3 aromatic rings. The summed E-state index contributed by atoms with van der Waals surface area (Å²) in [7, 11) is 0. The van der Waals surface area contributed by atoms with E-state index in [1.807, 2.05) is 4.68 Å². The van der Waals surface area contributed by atoms with Gasteiger partial charge in [0.1, 0.15) is 6.33 Å². The molecule has 1 aromatic heterocycles. The lowest BCUT2D eigenvalue weighted by molar-refractivity contribution is 0.430. The molecule has 0 amide bonds. The number of hydrogen-bond donors (Lipinski definition) is 1. The van der Waals surface area contributed by atoms with Crippen molar-refractivity contribution in [2.75, 3.05) is 5.32 Å². The van der Waals surface area contributed by atoms with Crippen LogP contribution in [0.1, 0.15) is 60.5 Å². The van der Waals surface area contributed by atoms with Crippen LogP contribution in [0.25, 0.3) is 0 Å². The number of rotatable bonds is 3. The number of nitrogens with one attached hydrogen (secondary N) is 1. The van der Waals surface area contributed by atoms with Gasteiger partial charge in [0, 0.05) is 0 Å². The van der Waals surface area contributed by atoms with Crippen LogP contribution in [0.2, 0.25) is 0 Å². The second-order valence-corrected chi connectivity index (χ2v) is 7.21. The van der Waals surface area contributed by atoms with Crippen molar-refractivity contribution in [3.05, 3.63) is 77.1 Å². The molecule has 0 saturated carbocycles. The molecule has 4 nitrogen and oxygen atoms in total. The van der Waals surface area contributed by atoms with Crippen LogP contribution in [0.5, 0.6) is 0 Å². The summed E-state index contributed by atoms with van der Waals surface area (Å²) in [6, 6.07) is 18.1. The van der Waals surface area contributed by atoms with Crippen LogP contribution >= 0.6 is 0 Å². The van der Waals surface area contributed by atoms with E-state index < -0.39 is 0 Å². The highest BCUT2D eigenvalue weighted by Crippen LogP contribution is 2.37. The Morgan fingerprint density at radius 3 is 2.36 bits per heavy atom. The molecular formula is C21H24N4. The van der Waals surface area contributed by atoms with Crippen LogP contribution in [0.4, 0.5) is 5.95 Å². The molecule has 0 spiro atoms. The molecule has 2 atom stereocenters. The van der Waals surface area contributed by atoms with E-state index in [1.54, 1.807) is 6.33 Å². The lowest BCUT2D eigenvalue weighted by Crippen LogP contribution is -2.28. The zero-order valence-corrected chi connectivity index (χ0v) is 15.0. The molecule has 128 valence electrons. The average Bonchev–Trinajstić information content (AvgIpc) is 3.10. The summed E-state index contributed by atoms with van der Waals surface area (Å²) in [5.41, 5.74) is 5.23. The van der Waals surface area contributed by atoms with Crippen molar-refractivity contribution >= 4 is 5.95 Å². The number of anilines is 1. The third-order valence-corrected chi connectivity index (χ3v) is 5.10. The van der Waals surface area contributed by atoms with Crippen molar-refractivity contribution in [2.24, 2.45) is 0 Å². The predicted octanol–water partition coefficient (Wildman–Crippen LogP) is 4.86. The van der Waals surface area contributed by atoms with E-state index in [1.165, 1.54) is 22.3 Å². The van der Waals surface area contributed by atoms with E-state index in [0.717, 1.165) is 12.4 Å². The van der Waals surface area contributed by atoms with Gasteiger partial charge in [0.15, 0.2) is 0 Å². The Morgan fingerprint density at radius 1 is 1.00 bits per heavy atom. The van der Waals surface area contributed by atoms with Gasteiger partial charge in [-0.25, -0.2) is 4.68 Å². The Bertz CT molecular complexity index is 846. The number of nitrogens with zero attached hydrogens (tertiary/aromatic N) is 3. The van der Waals surface area contributed by atoms with Gasteiger partial charge in [-0.1, -0.05) is 67.9 Å². The quantitative estimate of drug-likeness (QED) is 0.745. The molecule has 25 heavy (non-hydrogen) atoms. The van der Waals surface area contributed by atoms with Gasteiger partial charge in [-0.3, -0.25) is 0 Å². The molecule has 2 heterocycles. The molecule has 1 aliphatic heterocycles. The molecule has 0 saturated heterocycles. The molecule has 0 fully saturated rings. The fourth-order valence-corrected chi connectivity index (χ4v) is 3.52. The third-order valence-electron chi connectivity index (χ3n) is 5.10. The Labute approximate surface area is 148 Å². The number of aryl methyl sites for hydroxylation is 1. The smallest absolute Gasteiger partial charge is 0.222 e.